The first-order valence-electron chi connectivity index (χ1n) is 5.89. The molecule has 18 heavy (non-hydrogen) atoms. The average molecular weight is 316 g/mol. The fourth-order valence-electron chi connectivity index (χ4n) is 2.07. The summed E-state index contributed by atoms with van der Waals surface area (Å²) in [5.41, 5.74) is 0.497. The van der Waals surface area contributed by atoms with E-state index in [4.69, 9.17) is 4.74 Å². The number of rotatable bonds is 2. The van der Waals surface area contributed by atoms with Crippen LogP contribution in [-0.2, 0) is 4.74 Å². The van der Waals surface area contributed by atoms with Gasteiger partial charge in [0.1, 0.15) is 5.82 Å². The van der Waals surface area contributed by atoms with Gasteiger partial charge in [-0.1, -0.05) is 0 Å². The fourth-order valence-corrected chi connectivity index (χ4v) is 2.45. The summed E-state index contributed by atoms with van der Waals surface area (Å²) in [7, 11) is 1.79. The monoisotopic (exact) mass is 315 g/mol. The van der Waals surface area contributed by atoms with Crippen molar-refractivity contribution in [1.29, 1.82) is 0 Å². The molecule has 0 N–H and O–H groups in total. The molecule has 0 aliphatic carbocycles. The molecule has 5 heteroatoms. The number of halogens is 2. The van der Waals surface area contributed by atoms with Gasteiger partial charge >= 0.3 is 0 Å². The third-order valence-corrected chi connectivity index (χ3v) is 3.83. The van der Waals surface area contributed by atoms with Crippen LogP contribution in [0.1, 0.15) is 23.2 Å². The van der Waals surface area contributed by atoms with Crippen molar-refractivity contribution in [2.45, 2.75) is 18.9 Å². The van der Waals surface area contributed by atoms with Gasteiger partial charge in [0.15, 0.2) is 0 Å². The van der Waals surface area contributed by atoms with Crippen molar-refractivity contribution in [2.75, 3.05) is 20.3 Å². The van der Waals surface area contributed by atoms with Gasteiger partial charge in [0.05, 0.1) is 4.47 Å². The zero-order valence-corrected chi connectivity index (χ0v) is 11.7. The molecule has 2 rings (SSSR count). The Balaban J connectivity index is 2.11. The van der Waals surface area contributed by atoms with E-state index in [2.05, 4.69) is 15.9 Å². The van der Waals surface area contributed by atoms with Gasteiger partial charge in [0.25, 0.3) is 5.91 Å². The minimum absolute atomic E-state index is 0.0809. The van der Waals surface area contributed by atoms with E-state index in [0.29, 0.717) is 23.2 Å². The summed E-state index contributed by atoms with van der Waals surface area (Å²) in [6.45, 7) is 1.38. The van der Waals surface area contributed by atoms with Crippen LogP contribution in [0.4, 0.5) is 4.39 Å². The Morgan fingerprint density at radius 3 is 2.72 bits per heavy atom. The number of nitrogens with zero attached hydrogens (tertiary/aromatic N) is 1. The van der Waals surface area contributed by atoms with Crippen molar-refractivity contribution in [3.8, 4) is 0 Å². The Bertz CT molecular complexity index is 447. The van der Waals surface area contributed by atoms with E-state index >= 15 is 0 Å². The number of hydrogen-bond acceptors (Lipinski definition) is 2. The first kappa shape index (κ1) is 13.5. The van der Waals surface area contributed by atoms with Gasteiger partial charge in [0, 0.05) is 31.9 Å². The molecule has 0 bridgehead atoms. The van der Waals surface area contributed by atoms with E-state index in [1.807, 2.05) is 0 Å². The second-order valence-electron chi connectivity index (χ2n) is 4.39. The molecule has 0 unspecified atom stereocenters. The molecule has 1 fully saturated rings. The lowest BCUT2D eigenvalue weighted by atomic mass is 10.1. The van der Waals surface area contributed by atoms with Gasteiger partial charge in [-0.2, -0.15) is 0 Å². The van der Waals surface area contributed by atoms with Crippen molar-refractivity contribution in [3.63, 3.8) is 0 Å². The predicted molar refractivity (Wildman–Crippen MR) is 70.0 cm³/mol. The zero-order chi connectivity index (χ0) is 13.1. The van der Waals surface area contributed by atoms with Crippen LogP contribution in [0.3, 0.4) is 0 Å². The van der Waals surface area contributed by atoms with Crippen LogP contribution in [0.5, 0.6) is 0 Å². The number of amides is 1. The van der Waals surface area contributed by atoms with Crippen LogP contribution in [0.25, 0.3) is 0 Å². The molecule has 1 saturated heterocycles. The Morgan fingerprint density at radius 2 is 2.11 bits per heavy atom. The van der Waals surface area contributed by atoms with E-state index in [9.17, 15) is 9.18 Å². The number of ether oxygens (including phenoxy) is 1. The number of hydrogen-bond donors (Lipinski definition) is 0. The van der Waals surface area contributed by atoms with Gasteiger partial charge in [-0.3, -0.25) is 4.79 Å². The predicted octanol–water partition coefficient (Wildman–Crippen LogP) is 2.84. The molecule has 0 atom stereocenters. The number of carbonyl (C=O) groups excluding carboxylic acids is 1. The molecule has 0 radical (unpaired) electrons. The Morgan fingerprint density at radius 1 is 1.44 bits per heavy atom. The van der Waals surface area contributed by atoms with E-state index in [1.54, 1.807) is 11.9 Å². The summed E-state index contributed by atoms with van der Waals surface area (Å²) < 4.78 is 18.7. The molecule has 1 amide bonds. The molecule has 0 aromatic heterocycles. The molecule has 1 aromatic carbocycles. The highest BCUT2D eigenvalue weighted by atomic mass is 79.9. The lowest BCUT2D eigenvalue weighted by Gasteiger charge is -2.31. The summed E-state index contributed by atoms with van der Waals surface area (Å²) in [6, 6.07) is 4.54. The minimum Gasteiger partial charge on any atom is -0.381 e. The SMILES string of the molecule is CN(C(=O)c1ccc(F)c(Br)c1)C1CCOCC1. The van der Waals surface area contributed by atoms with E-state index in [0.717, 1.165) is 12.8 Å². The van der Waals surface area contributed by atoms with E-state index < -0.39 is 0 Å². The maximum atomic E-state index is 13.1. The molecular formula is C13H15BrFNO2. The summed E-state index contributed by atoms with van der Waals surface area (Å²) in [5, 5.41) is 0. The van der Waals surface area contributed by atoms with Gasteiger partial charge in [-0.15, -0.1) is 0 Å². The van der Waals surface area contributed by atoms with Crippen LogP contribution >= 0.6 is 15.9 Å². The van der Waals surface area contributed by atoms with E-state index in [1.165, 1.54) is 18.2 Å². The standard InChI is InChI=1S/C13H15BrFNO2/c1-16(10-4-6-18-7-5-10)13(17)9-2-3-12(15)11(14)8-9/h2-3,8,10H,4-7H2,1H3. The highest BCUT2D eigenvalue weighted by Gasteiger charge is 2.23. The highest BCUT2D eigenvalue weighted by Crippen LogP contribution is 2.20. The number of carbonyl (C=O) groups is 1. The van der Waals surface area contributed by atoms with Crippen molar-refractivity contribution in [3.05, 3.63) is 34.1 Å². The molecule has 1 heterocycles. The topological polar surface area (TPSA) is 29.5 Å². The van der Waals surface area contributed by atoms with Gasteiger partial charge in [-0.05, 0) is 47.0 Å². The molecule has 0 spiro atoms. The van der Waals surface area contributed by atoms with Crippen molar-refractivity contribution < 1.29 is 13.9 Å². The fraction of sp³-hybridized carbons (Fsp3) is 0.462. The van der Waals surface area contributed by atoms with Gasteiger partial charge in [0.2, 0.25) is 0 Å². The largest absolute Gasteiger partial charge is 0.381 e. The van der Waals surface area contributed by atoms with Crippen LogP contribution in [-0.4, -0.2) is 37.1 Å². The maximum absolute atomic E-state index is 13.1. The third-order valence-electron chi connectivity index (χ3n) is 3.23. The molecule has 0 saturated carbocycles. The molecule has 1 aromatic rings. The molecule has 1 aliphatic rings. The summed E-state index contributed by atoms with van der Waals surface area (Å²) in [4.78, 5) is 14.0. The maximum Gasteiger partial charge on any atom is 0.253 e. The molecule has 1 aliphatic heterocycles. The Kier molecular flexibility index (Phi) is 4.35. The van der Waals surface area contributed by atoms with Crippen molar-refractivity contribution in [2.24, 2.45) is 0 Å². The molecule has 98 valence electrons. The smallest absolute Gasteiger partial charge is 0.253 e. The zero-order valence-electron chi connectivity index (χ0n) is 10.2. The summed E-state index contributed by atoms with van der Waals surface area (Å²) in [6.07, 6.45) is 1.70. The average Bonchev–Trinajstić information content (AvgIpc) is 2.41. The summed E-state index contributed by atoms with van der Waals surface area (Å²) >= 11 is 3.09. The van der Waals surface area contributed by atoms with Crippen LogP contribution in [0.15, 0.2) is 22.7 Å². The molecule has 3 nitrogen and oxygen atoms in total. The second-order valence-corrected chi connectivity index (χ2v) is 5.24. The van der Waals surface area contributed by atoms with Gasteiger partial charge in [-0.25, -0.2) is 4.39 Å². The van der Waals surface area contributed by atoms with Crippen LogP contribution in [0, 0.1) is 5.82 Å². The van der Waals surface area contributed by atoms with Crippen molar-refractivity contribution in [1.82, 2.24) is 4.90 Å². The minimum atomic E-state index is -0.361. The second kappa shape index (κ2) is 5.80. The van der Waals surface area contributed by atoms with Crippen LogP contribution < -0.4 is 0 Å². The Labute approximate surface area is 114 Å². The first-order valence-corrected chi connectivity index (χ1v) is 6.69. The third kappa shape index (κ3) is 2.90. The Hall–Kier alpha value is -0.940. The van der Waals surface area contributed by atoms with Crippen molar-refractivity contribution >= 4 is 21.8 Å². The summed E-state index contributed by atoms with van der Waals surface area (Å²) in [5.74, 6) is -0.442. The highest BCUT2D eigenvalue weighted by molar-refractivity contribution is 9.10. The van der Waals surface area contributed by atoms with E-state index in [-0.39, 0.29) is 17.8 Å². The van der Waals surface area contributed by atoms with Crippen LogP contribution in [0.2, 0.25) is 0 Å². The normalized spacial score (nSPS) is 16.6. The van der Waals surface area contributed by atoms with Gasteiger partial charge < -0.3 is 9.64 Å². The number of benzene rings is 1. The lowest BCUT2D eigenvalue weighted by molar-refractivity contribution is 0.0362. The lowest BCUT2D eigenvalue weighted by Crippen LogP contribution is -2.40. The first-order chi connectivity index (χ1) is 8.59. The molecular weight excluding hydrogens is 301 g/mol. The quantitative estimate of drug-likeness (QED) is 0.840.